The zero-order valence-corrected chi connectivity index (χ0v) is 9.62. The van der Waals surface area contributed by atoms with E-state index in [-0.39, 0.29) is 5.56 Å². The van der Waals surface area contributed by atoms with Gasteiger partial charge in [-0.2, -0.15) is 0 Å². The van der Waals surface area contributed by atoms with Gasteiger partial charge in [-0.05, 0) is 18.1 Å². The number of fused-ring (bicyclic) bond motifs is 1. The van der Waals surface area contributed by atoms with Crippen molar-refractivity contribution in [3.8, 4) is 0 Å². The number of aromatic amines is 2. The molecule has 0 fully saturated rings. The van der Waals surface area contributed by atoms with E-state index < -0.39 is 5.69 Å². The van der Waals surface area contributed by atoms with Crippen molar-refractivity contribution < 1.29 is 0 Å². The number of benzene rings is 1. The monoisotopic (exact) mass is 230 g/mol. The molecule has 0 spiro atoms. The van der Waals surface area contributed by atoms with Gasteiger partial charge in [-0.15, -0.1) is 0 Å². The van der Waals surface area contributed by atoms with Gasteiger partial charge in [-0.3, -0.25) is 9.78 Å². The normalized spacial score (nSPS) is 11.4. The quantitative estimate of drug-likeness (QED) is 0.847. The van der Waals surface area contributed by atoms with E-state index in [1.807, 2.05) is 24.3 Å². The first-order valence-corrected chi connectivity index (χ1v) is 5.64. The Bertz CT molecular complexity index is 665. The highest BCUT2D eigenvalue weighted by molar-refractivity contribution is 5.86. The van der Waals surface area contributed by atoms with E-state index in [2.05, 4.69) is 16.9 Å². The van der Waals surface area contributed by atoms with Gasteiger partial charge in [0.15, 0.2) is 0 Å². The topological polar surface area (TPSA) is 65.7 Å². The first-order chi connectivity index (χ1) is 8.22. The molecule has 0 aliphatic rings. The first-order valence-electron chi connectivity index (χ1n) is 5.64. The minimum absolute atomic E-state index is 0.352. The van der Waals surface area contributed by atoms with Crippen LogP contribution in [0, 0.1) is 0 Å². The van der Waals surface area contributed by atoms with Crippen molar-refractivity contribution in [3.63, 3.8) is 0 Å². The van der Waals surface area contributed by atoms with Crippen LogP contribution < -0.4 is 11.2 Å². The Hall–Kier alpha value is -2.10. The van der Waals surface area contributed by atoms with Gasteiger partial charge in [0.2, 0.25) is 0 Å². The largest absolute Gasteiger partial charge is 0.326 e. The molecule has 88 valence electrons. The molecule has 4 heteroatoms. The number of hydrogen-bond donors (Lipinski definition) is 2. The fraction of sp³-hybridized carbons (Fsp3) is 0.231. The lowest BCUT2D eigenvalue weighted by molar-refractivity contribution is 0.962. The van der Waals surface area contributed by atoms with Crippen LogP contribution in [0.15, 0.2) is 33.9 Å². The first kappa shape index (κ1) is 11.4. The summed E-state index contributed by atoms with van der Waals surface area (Å²) in [5, 5.41) is 0.503. The summed E-state index contributed by atoms with van der Waals surface area (Å²) in [7, 11) is 0. The van der Waals surface area contributed by atoms with Gasteiger partial charge >= 0.3 is 5.69 Å². The number of aromatic nitrogens is 2. The Morgan fingerprint density at radius 1 is 1.24 bits per heavy atom. The highest BCUT2D eigenvalue weighted by atomic mass is 16.2. The molecule has 1 heterocycles. The second-order valence-electron chi connectivity index (χ2n) is 3.87. The van der Waals surface area contributed by atoms with E-state index in [0.717, 1.165) is 18.4 Å². The average Bonchev–Trinajstić information content (AvgIpc) is 2.30. The van der Waals surface area contributed by atoms with Crippen molar-refractivity contribution >= 4 is 17.0 Å². The summed E-state index contributed by atoms with van der Waals surface area (Å²) >= 11 is 0. The summed E-state index contributed by atoms with van der Waals surface area (Å²) < 4.78 is 0. The Labute approximate surface area is 98.0 Å². The molecule has 0 saturated heterocycles. The lowest BCUT2D eigenvalue weighted by Crippen LogP contribution is -2.22. The van der Waals surface area contributed by atoms with Crippen molar-refractivity contribution in [1.82, 2.24) is 9.97 Å². The van der Waals surface area contributed by atoms with Gasteiger partial charge in [0.1, 0.15) is 0 Å². The zero-order chi connectivity index (χ0) is 12.3. The van der Waals surface area contributed by atoms with E-state index in [4.69, 9.17) is 0 Å². The molecule has 0 aliphatic heterocycles. The number of rotatable bonds is 3. The number of H-pyrrole nitrogens is 2. The van der Waals surface area contributed by atoms with E-state index in [0.29, 0.717) is 10.9 Å². The third-order valence-electron chi connectivity index (χ3n) is 2.56. The molecule has 1 aromatic carbocycles. The maximum Gasteiger partial charge on any atom is 0.326 e. The average molecular weight is 230 g/mol. The van der Waals surface area contributed by atoms with Gasteiger partial charge in [0.05, 0.1) is 10.9 Å². The van der Waals surface area contributed by atoms with Gasteiger partial charge in [0, 0.05) is 0 Å². The summed E-state index contributed by atoms with van der Waals surface area (Å²) in [6.07, 6.45) is 6.01. The summed E-state index contributed by atoms with van der Waals surface area (Å²) in [6.45, 7) is 2.10. The number of unbranched alkanes of at least 4 members (excludes halogenated alkanes) is 1. The van der Waals surface area contributed by atoms with E-state index in [1.54, 1.807) is 6.07 Å². The van der Waals surface area contributed by atoms with Crippen molar-refractivity contribution in [3.05, 3.63) is 50.7 Å². The highest BCUT2D eigenvalue weighted by Gasteiger charge is 2.02. The molecule has 0 atom stereocenters. The molecule has 0 aliphatic carbocycles. The van der Waals surface area contributed by atoms with Crippen LogP contribution in [-0.2, 0) is 0 Å². The van der Waals surface area contributed by atoms with Crippen LogP contribution in [0.5, 0.6) is 0 Å². The van der Waals surface area contributed by atoms with Crippen LogP contribution in [0.3, 0.4) is 0 Å². The molecular formula is C13H14N2O2. The molecule has 4 nitrogen and oxygen atoms in total. The molecule has 1 aromatic heterocycles. The lowest BCUT2D eigenvalue weighted by Gasteiger charge is -2.00. The SMILES string of the molecule is CCC/C=C/c1cccc2c(=O)[nH]c(=O)[nH]c12. The highest BCUT2D eigenvalue weighted by Crippen LogP contribution is 2.13. The van der Waals surface area contributed by atoms with Crippen molar-refractivity contribution in [2.24, 2.45) is 0 Å². The van der Waals surface area contributed by atoms with Crippen molar-refractivity contribution in [1.29, 1.82) is 0 Å². The zero-order valence-electron chi connectivity index (χ0n) is 9.62. The fourth-order valence-electron chi connectivity index (χ4n) is 1.73. The van der Waals surface area contributed by atoms with E-state index in [9.17, 15) is 9.59 Å². The molecule has 0 bridgehead atoms. The van der Waals surface area contributed by atoms with Gasteiger partial charge in [0.25, 0.3) is 5.56 Å². The summed E-state index contributed by atoms with van der Waals surface area (Å²) in [4.78, 5) is 27.7. The van der Waals surface area contributed by atoms with Crippen molar-refractivity contribution in [2.45, 2.75) is 19.8 Å². The second kappa shape index (κ2) is 4.82. The van der Waals surface area contributed by atoms with Crippen LogP contribution in [0.1, 0.15) is 25.3 Å². The maximum absolute atomic E-state index is 11.6. The van der Waals surface area contributed by atoms with E-state index >= 15 is 0 Å². The molecular weight excluding hydrogens is 216 g/mol. The Kier molecular flexibility index (Phi) is 3.23. The summed E-state index contributed by atoms with van der Waals surface area (Å²) in [6, 6.07) is 5.38. The Morgan fingerprint density at radius 2 is 2.06 bits per heavy atom. The minimum Gasteiger partial charge on any atom is -0.306 e. The Morgan fingerprint density at radius 3 is 2.82 bits per heavy atom. The molecule has 0 saturated carbocycles. The molecule has 2 aromatic rings. The van der Waals surface area contributed by atoms with Crippen LogP contribution in [-0.4, -0.2) is 9.97 Å². The smallest absolute Gasteiger partial charge is 0.306 e. The maximum atomic E-state index is 11.6. The molecule has 2 rings (SSSR count). The number of hydrogen-bond acceptors (Lipinski definition) is 2. The third-order valence-corrected chi connectivity index (χ3v) is 2.56. The predicted molar refractivity (Wildman–Crippen MR) is 69.1 cm³/mol. The third kappa shape index (κ3) is 2.36. The van der Waals surface area contributed by atoms with Gasteiger partial charge in [-0.25, -0.2) is 4.79 Å². The second-order valence-corrected chi connectivity index (χ2v) is 3.87. The molecule has 17 heavy (non-hydrogen) atoms. The van der Waals surface area contributed by atoms with Crippen LogP contribution in [0.4, 0.5) is 0 Å². The van der Waals surface area contributed by atoms with Gasteiger partial charge in [-0.1, -0.05) is 37.6 Å². The van der Waals surface area contributed by atoms with Crippen molar-refractivity contribution in [2.75, 3.05) is 0 Å². The summed E-state index contributed by atoms with van der Waals surface area (Å²) in [5.41, 5.74) is 0.626. The number of nitrogens with one attached hydrogen (secondary N) is 2. The van der Waals surface area contributed by atoms with Crippen LogP contribution in [0.2, 0.25) is 0 Å². The fourth-order valence-corrected chi connectivity index (χ4v) is 1.73. The van der Waals surface area contributed by atoms with E-state index in [1.165, 1.54) is 0 Å². The van der Waals surface area contributed by atoms with Crippen LogP contribution >= 0.6 is 0 Å². The van der Waals surface area contributed by atoms with Crippen LogP contribution in [0.25, 0.3) is 17.0 Å². The standard InChI is InChI=1S/C13H14N2O2/c1-2-3-4-6-9-7-5-8-10-11(9)14-13(17)15-12(10)16/h4-8H,2-3H2,1H3,(H2,14,15,16,17)/b6-4+. The lowest BCUT2D eigenvalue weighted by atomic mass is 10.1. The number of allylic oxidation sites excluding steroid dienone is 1. The van der Waals surface area contributed by atoms with Gasteiger partial charge < -0.3 is 4.98 Å². The predicted octanol–water partition coefficient (Wildman–Crippen LogP) is 2.03. The molecule has 0 amide bonds. The molecule has 0 radical (unpaired) electrons. The molecule has 0 unspecified atom stereocenters. The summed E-state index contributed by atoms with van der Waals surface area (Å²) in [5.74, 6) is 0. The number of para-hydroxylation sites is 1. The Balaban J connectivity index is 2.64. The minimum atomic E-state index is -0.473. The molecule has 2 N–H and O–H groups in total.